The van der Waals surface area contributed by atoms with E-state index in [2.05, 4.69) is 10.3 Å². The lowest BCUT2D eigenvalue weighted by molar-refractivity contribution is 0.559. The predicted molar refractivity (Wildman–Crippen MR) is 49.0 cm³/mol. The van der Waals surface area contributed by atoms with Crippen molar-refractivity contribution in [1.29, 1.82) is 0 Å². The largest absolute Gasteiger partial charge is 0.419 e. The zero-order valence-corrected chi connectivity index (χ0v) is 7.04. The Labute approximate surface area is 77.6 Å². The van der Waals surface area contributed by atoms with Gasteiger partial charge in [-0.1, -0.05) is 17.3 Å². The molecule has 3 rings (SSSR count). The second-order valence-corrected chi connectivity index (χ2v) is 2.89. The molecular formula is C9H5N3O2. The van der Waals surface area contributed by atoms with Crippen LogP contribution >= 0.6 is 0 Å². The van der Waals surface area contributed by atoms with Crippen molar-refractivity contribution in [2.45, 2.75) is 0 Å². The molecule has 0 unspecified atom stereocenters. The van der Waals surface area contributed by atoms with Gasteiger partial charge >= 0.3 is 5.63 Å². The summed E-state index contributed by atoms with van der Waals surface area (Å²) in [5.74, 6) is 0. The Morgan fingerprint density at radius 3 is 3.00 bits per heavy atom. The minimum Gasteiger partial charge on any atom is -0.419 e. The fourth-order valence-corrected chi connectivity index (χ4v) is 1.42. The lowest BCUT2D eigenvalue weighted by Gasteiger charge is -1.96. The van der Waals surface area contributed by atoms with E-state index >= 15 is 0 Å². The molecule has 0 N–H and O–H groups in total. The molecule has 0 aliphatic carbocycles. The molecule has 0 amide bonds. The lowest BCUT2D eigenvalue weighted by Crippen LogP contribution is -2.04. The number of para-hydroxylation sites is 2. The van der Waals surface area contributed by atoms with Gasteiger partial charge in [0.25, 0.3) is 0 Å². The van der Waals surface area contributed by atoms with Gasteiger partial charge < -0.3 is 4.42 Å². The number of benzene rings is 1. The van der Waals surface area contributed by atoms with Crippen LogP contribution in [0.1, 0.15) is 0 Å². The van der Waals surface area contributed by atoms with E-state index in [0.29, 0.717) is 11.1 Å². The summed E-state index contributed by atoms with van der Waals surface area (Å²) in [7, 11) is 0. The molecule has 0 aliphatic heterocycles. The summed E-state index contributed by atoms with van der Waals surface area (Å²) in [6.45, 7) is 0. The molecule has 0 fully saturated rings. The third kappa shape index (κ3) is 0.806. The van der Waals surface area contributed by atoms with E-state index < -0.39 is 5.63 Å². The van der Waals surface area contributed by atoms with Crippen LogP contribution in [0, 0.1) is 0 Å². The standard InChI is InChI=1S/C9H5N3O2/c13-9-7-5-10-11-12(7)6-3-1-2-4-8(6)14-9/h1-5H. The normalized spacial score (nSPS) is 11.1. The average Bonchev–Trinajstić information content (AvgIpc) is 2.67. The minimum atomic E-state index is -0.423. The summed E-state index contributed by atoms with van der Waals surface area (Å²) in [4.78, 5) is 11.4. The van der Waals surface area contributed by atoms with E-state index in [1.54, 1.807) is 12.1 Å². The topological polar surface area (TPSA) is 60.4 Å². The Morgan fingerprint density at radius 1 is 1.21 bits per heavy atom. The molecule has 0 saturated heterocycles. The molecule has 0 atom stereocenters. The number of fused-ring (bicyclic) bond motifs is 3. The molecule has 2 aromatic heterocycles. The molecule has 0 aliphatic rings. The van der Waals surface area contributed by atoms with Crippen LogP contribution < -0.4 is 5.63 Å². The molecule has 2 heterocycles. The van der Waals surface area contributed by atoms with Crippen molar-refractivity contribution in [1.82, 2.24) is 14.8 Å². The molecule has 0 spiro atoms. The Bertz CT molecular complexity index is 668. The summed E-state index contributed by atoms with van der Waals surface area (Å²) in [5, 5.41) is 7.48. The molecule has 0 bridgehead atoms. The molecular weight excluding hydrogens is 182 g/mol. The first-order chi connectivity index (χ1) is 6.86. The van der Waals surface area contributed by atoms with Crippen LogP contribution in [0.15, 0.2) is 39.7 Å². The van der Waals surface area contributed by atoms with Gasteiger partial charge in [-0.15, -0.1) is 5.10 Å². The summed E-state index contributed by atoms with van der Waals surface area (Å²) < 4.78 is 6.55. The van der Waals surface area contributed by atoms with Crippen molar-refractivity contribution in [2.24, 2.45) is 0 Å². The van der Waals surface area contributed by atoms with Gasteiger partial charge in [0.2, 0.25) is 0 Å². The van der Waals surface area contributed by atoms with Gasteiger partial charge in [0, 0.05) is 0 Å². The average molecular weight is 187 g/mol. The summed E-state index contributed by atoms with van der Waals surface area (Å²) in [5.41, 5.74) is 1.17. The Morgan fingerprint density at radius 2 is 2.07 bits per heavy atom. The van der Waals surface area contributed by atoms with Crippen LogP contribution in [-0.4, -0.2) is 14.8 Å². The number of rotatable bonds is 0. The molecule has 0 radical (unpaired) electrons. The molecule has 3 aromatic rings. The van der Waals surface area contributed by atoms with Gasteiger partial charge in [-0.25, -0.2) is 9.31 Å². The van der Waals surface area contributed by atoms with Gasteiger partial charge in [0.15, 0.2) is 11.1 Å². The van der Waals surface area contributed by atoms with E-state index in [-0.39, 0.29) is 0 Å². The first-order valence-corrected chi connectivity index (χ1v) is 4.08. The summed E-state index contributed by atoms with van der Waals surface area (Å²) in [6, 6.07) is 7.19. The predicted octanol–water partition coefficient (Wildman–Crippen LogP) is 0.836. The number of nitrogens with zero attached hydrogens (tertiary/aromatic N) is 3. The van der Waals surface area contributed by atoms with Gasteiger partial charge in [0.05, 0.1) is 6.20 Å². The second kappa shape index (κ2) is 2.41. The van der Waals surface area contributed by atoms with Gasteiger partial charge in [-0.2, -0.15) is 0 Å². The van der Waals surface area contributed by atoms with Crippen molar-refractivity contribution in [3.05, 3.63) is 40.9 Å². The molecule has 68 valence electrons. The van der Waals surface area contributed by atoms with Crippen molar-refractivity contribution in [3.8, 4) is 0 Å². The fraction of sp³-hybridized carbons (Fsp3) is 0. The van der Waals surface area contributed by atoms with Crippen molar-refractivity contribution in [3.63, 3.8) is 0 Å². The second-order valence-electron chi connectivity index (χ2n) is 2.89. The van der Waals surface area contributed by atoms with Crippen LogP contribution in [-0.2, 0) is 0 Å². The Kier molecular flexibility index (Phi) is 1.25. The first kappa shape index (κ1) is 7.25. The van der Waals surface area contributed by atoms with E-state index in [1.165, 1.54) is 10.7 Å². The maximum Gasteiger partial charge on any atom is 0.364 e. The highest BCUT2D eigenvalue weighted by molar-refractivity contribution is 5.74. The SMILES string of the molecule is O=c1oc2ccccc2n2nncc12. The maximum absolute atomic E-state index is 11.4. The van der Waals surface area contributed by atoms with Crippen LogP contribution in [0.25, 0.3) is 16.6 Å². The fourth-order valence-electron chi connectivity index (χ4n) is 1.42. The van der Waals surface area contributed by atoms with Crippen LogP contribution in [0.2, 0.25) is 0 Å². The van der Waals surface area contributed by atoms with Crippen LogP contribution in [0.3, 0.4) is 0 Å². The first-order valence-electron chi connectivity index (χ1n) is 4.08. The third-order valence-corrected chi connectivity index (χ3v) is 2.05. The van der Waals surface area contributed by atoms with Crippen molar-refractivity contribution < 1.29 is 4.42 Å². The van der Waals surface area contributed by atoms with E-state index in [0.717, 1.165) is 5.52 Å². The molecule has 5 heteroatoms. The van der Waals surface area contributed by atoms with Crippen molar-refractivity contribution >= 4 is 16.6 Å². The van der Waals surface area contributed by atoms with E-state index in [1.807, 2.05) is 12.1 Å². The number of hydrogen-bond acceptors (Lipinski definition) is 4. The maximum atomic E-state index is 11.4. The molecule has 5 nitrogen and oxygen atoms in total. The zero-order valence-electron chi connectivity index (χ0n) is 7.04. The number of aromatic nitrogens is 3. The molecule has 0 saturated carbocycles. The smallest absolute Gasteiger partial charge is 0.364 e. The summed E-state index contributed by atoms with van der Waals surface area (Å²) >= 11 is 0. The monoisotopic (exact) mass is 187 g/mol. The third-order valence-electron chi connectivity index (χ3n) is 2.05. The van der Waals surface area contributed by atoms with Gasteiger partial charge in [-0.05, 0) is 12.1 Å². The molecule has 1 aromatic carbocycles. The minimum absolute atomic E-state index is 0.351. The quantitative estimate of drug-likeness (QED) is 0.523. The highest BCUT2D eigenvalue weighted by Gasteiger charge is 2.06. The lowest BCUT2D eigenvalue weighted by atomic mass is 10.3. The van der Waals surface area contributed by atoms with Crippen LogP contribution in [0.4, 0.5) is 0 Å². The van der Waals surface area contributed by atoms with Crippen LogP contribution in [0.5, 0.6) is 0 Å². The summed E-state index contributed by atoms with van der Waals surface area (Å²) in [6.07, 6.45) is 1.39. The van der Waals surface area contributed by atoms with Gasteiger partial charge in [0.1, 0.15) is 5.52 Å². The Hall–Kier alpha value is -2.17. The van der Waals surface area contributed by atoms with Crippen molar-refractivity contribution in [2.75, 3.05) is 0 Å². The number of hydrogen-bond donors (Lipinski definition) is 0. The van der Waals surface area contributed by atoms with Gasteiger partial charge in [-0.3, -0.25) is 0 Å². The highest BCUT2D eigenvalue weighted by Crippen LogP contribution is 2.11. The highest BCUT2D eigenvalue weighted by atomic mass is 16.4. The van der Waals surface area contributed by atoms with E-state index in [4.69, 9.17) is 4.42 Å². The Balaban J connectivity index is 2.73. The van der Waals surface area contributed by atoms with E-state index in [9.17, 15) is 4.79 Å². The zero-order chi connectivity index (χ0) is 9.54. The molecule has 14 heavy (non-hydrogen) atoms.